The fraction of sp³-hybridized carbons (Fsp3) is 0.828. The molecule has 1 aliphatic heterocycles. The van der Waals surface area contributed by atoms with E-state index in [0.29, 0.717) is 23.9 Å². The number of aromatic nitrogens is 4. The second kappa shape index (κ2) is 12.4. The van der Waals surface area contributed by atoms with Crippen molar-refractivity contribution in [3.63, 3.8) is 0 Å². The molecule has 2 saturated carbocycles. The highest BCUT2D eigenvalue weighted by Gasteiger charge is 2.31. The molecule has 3 heterocycles. The Bertz CT molecular complexity index is 984. The van der Waals surface area contributed by atoms with Crippen molar-refractivity contribution < 1.29 is 5.11 Å². The smallest absolute Gasteiger partial charge is 0.224 e. The van der Waals surface area contributed by atoms with Gasteiger partial charge in [0.25, 0.3) is 0 Å². The van der Waals surface area contributed by atoms with E-state index in [4.69, 9.17) is 10.1 Å². The lowest BCUT2D eigenvalue weighted by atomic mass is 9.80. The van der Waals surface area contributed by atoms with Crippen molar-refractivity contribution in [3.8, 4) is 0 Å². The van der Waals surface area contributed by atoms with Gasteiger partial charge >= 0.3 is 0 Å². The molecule has 3 fully saturated rings. The lowest BCUT2D eigenvalue weighted by molar-refractivity contribution is 0.0896. The molecule has 2 N–H and O–H groups in total. The van der Waals surface area contributed by atoms with Crippen molar-refractivity contribution in [3.05, 3.63) is 11.9 Å². The molecule has 0 atom stereocenters. The number of unbranched alkanes of at least 4 members (excludes halogenated alkanes) is 1. The highest BCUT2D eigenvalue weighted by atomic mass is 16.3. The topological polar surface area (TPSA) is 82.3 Å². The highest BCUT2D eigenvalue weighted by molar-refractivity contribution is 5.79. The number of aliphatic hydroxyl groups is 1. The molecule has 2 aliphatic carbocycles. The van der Waals surface area contributed by atoms with Gasteiger partial charge in [0.15, 0.2) is 5.65 Å². The molecule has 3 aliphatic rings. The molecule has 0 aromatic carbocycles. The summed E-state index contributed by atoms with van der Waals surface area (Å²) in [6, 6.07) is 0.983. The standard InChI is InChI=1S/C29H49N7O/c1-4-5-14-30-29-31-19-26-27(33-36(28(26)32-29)24-10-12-25(37)13-11-24)23-8-6-22(7-9-23)20-34-15-17-35(18-16-34)21(2)3/h19,21-25,37H,4-18,20H2,1-3H3,(H,30,31,32)/t22-,23+,24-,25-. The molecule has 5 rings (SSSR count). The van der Waals surface area contributed by atoms with Crippen LogP contribution in [0, 0.1) is 5.92 Å². The van der Waals surface area contributed by atoms with Gasteiger partial charge in [0, 0.05) is 57.4 Å². The summed E-state index contributed by atoms with van der Waals surface area (Å²) >= 11 is 0. The first kappa shape index (κ1) is 26.8. The minimum Gasteiger partial charge on any atom is -0.393 e. The molecule has 0 spiro atoms. The Morgan fingerprint density at radius 3 is 2.41 bits per heavy atom. The summed E-state index contributed by atoms with van der Waals surface area (Å²) in [5.74, 6) is 2.01. The predicted octanol–water partition coefficient (Wildman–Crippen LogP) is 4.81. The number of hydrogen-bond acceptors (Lipinski definition) is 7. The Hall–Kier alpha value is -1.77. The summed E-state index contributed by atoms with van der Waals surface area (Å²) in [5.41, 5.74) is 2.20. The molecule has 0 bridgehead atoms. The van der Waals surface area contributed by atoms with Gasteiger partial charge in [0.1, 0.15) is 0 Å². The number of aliphatic hydroxyl groups excluding tert-OH is 1. The average molecular weight is 512 g/mol. The maximum atomic E-state index is 10.1. The zero-order valence-corrected chi connectivity index (χ0v) is 23.4. The molecular formula is C29H49N7O. The number of hydrogen-bond donors (Lipinski definition) is 2. The van der Waals surface area contributed by atoms with Crippen molar-refractivity contribution in [2.24, 2.45) is 5.92 Å². The van der Waals surface area contributed by atoms with E-state index >= 15 is 0 Å². The van der Waals surface area contributed by atoms with Crippen molar-refractivity contribution in [1.29, 1.82) is 0 Å². The average Bonchev–Trinajstić information content (AvgIpc) is 3.29. The van der Waals surface area contributed by atoms with Crippen LogP contribution in [0.5, 0.6) is 0 Å². The highest BCUT2D eigenvalue weighted by Crippen LogP contribution is 2.40. The van der Waals surface area contributed by atoms with Crippen molar-refractivity contribution >= 4 is 17.0 Å². The summed E-state index contributed by atoms with van der Waals surface area (Å²) in [5, 5.41) is 19.9. The van der Waals surface area contributed by atoms with Crippen LogP contribution in [0.2, 0.25) is 0 Å². The third-order valence-electron chi connectivity index (χ3n) is 9.19. The second-order valence-electron chi connectivity index (χ2n) is 12.2. The summed E-state index contributed by atoms with van der Waals surface area (Å²) < 4.78 is 2.20. The largest absolute Gasteiger partial charge is 0.393 e. The van der Waals surface area contributed by atoms with Crippen LogP contribution in [0.3, 0.4) is 0 Å². The van der Waals surface area contributed by atoms with Gasteiger partial charge in [-0.2, -0.15) is 10.1 Å². The van der Waals surface area contributed by atoms with Gasteiger partial charge in [-0.15, -0.1) is 0 Å². The van der Waals surface area contributed by atoms with Crippen molar-refractivity contribution in [2.75, 3.05) is 44.6 Å². The Kier molecular flexibility index (Phi) is 8.98. The fourth-order valence-corrected chi connectivity index (χ4v) is 6.71. The Morgan fingerprint density at radius 2 is 1.73 bits per heavy atom. The van der Waals surface area contributed by atoms with Gasteiger partial charge < -0.3 is 15.3 Å². The molecule has 0 amide bonds. The number of anilines is 1. The molecule has 206 valence electrons. The quantitative estimate of drug-likeness (QED) is 0.467. The molecular weight excluding hydrogens is 462 g/mol. The predicted molar refractivity (Wildman–Crippen MR) is 150 cm³/mol. The first-order chi connectivity index (χ1) is 18.0. The lowest BCUT2D eigenvalue weighted by Crippen LogP contribution is -2.50. The monoisotopic (exact) mass is 511 g/mol. The van der Waals surface area contributed by atoms with Crippen LogP contribution in [0.1, 0.15) is 103 Å². The van der Waals surface area contributed by atoms with Crippen molar-refractivity contribution in [2.45, 2.75) is 109 Å². The van der Waals surface area contributed by atoms with Gasteiger partial charge in [-0.1, -0.05) is 13.3 Å². The summed E-state index contributed by atoms with van der Waals surface area (Å²) in [4.78, 5) is 15.0. The first-order valence-electron chi connectivity index (χ1n) is 15.1. The van der Waals surface area contributed by atoms with E-state index in [9.17, 15) is 5.11 Å². The van der Waals surface area contributed by atoms with Crippen LogP contribution in [0.25, 0.3) is 11.0 Å². The number of nitrogens with zero attached hydrogens (tertiary/aromatic N) is 6. The third kappa shape index (κ3) is 6.45. The minimum atomic E-state index is -0.165. The van der Waals surface area contributed by atoms with Crippen LogP contribution >= 0.6 is 0 Å². The van der Waals surface area contributed by atoms with E-state index in [-0.39, 0.29) is 6.10 Å². The molecule has 2 aromatic rings. The van der Waals surface area contributed by atoms with Crippen LogP contribution in [-0.2, 0) is 0 Å². The Morgan fingerprint density at radius 1 is 1.00 bits per heavy atom. The van der Waals surface area contributed by atoms with Crippen LogP contribution in [0.4, 0.5) is 5.95 Å². The van der Waals surface area contributed by atoms with Crippen molar-refractivity contribution in [1.82, 2.24) is 29.5 Å². The summed E-state index contributed by atoms with van der Waals surface area (Å²) in [6.07, 6.45) is 12.8. The van der Waals surface area contributed by atoms with Crippen LogP contribution < -0.4 is 5.32 Å². The van der Waals surface area contributed by atoms with E-state index in [1.807, 2.05) is 6.20 Å². The van der Waals surface area contributed by atoms with Gasteiger partial charge in [-0.05, 0) is 77.6 Å². The Balaban J connectivity index is 1.26. The van der Waals surface area contributed by atoms with Gasteiger partial charge in [-0.3, -0.25) is 4.90 Å². The lowest BCUT2D eigenvalue weighted by Gasteiger charge is -2.39. The van der Waals surface area contributed by atoms with Crippen LogP contribution in [0.15, 0.2) is 6.20 Å². The number of nitrogens with one attached hydrogen (secondary N) is 1. The number of piperazine rings is 1. The zero-order valence-electron chi connectivity index (χ0n) is 23.4. The maximum absolute atomic E-state index is 10.1. The summed E-state index contributed by atoms with van der Waals surface area (Å²) in [7, 11) is 0. The van der Waals surface area contributed by atoms with E-state index in [1.165, 1.54) is 64.1 Å². The van der Waals surface area contributed by atoms with Crippen LogP contribution in [-0.4, -0.2) is 86.1 Å². The zero-order chi connectivity index (χ0) is 25.8. The second-order valence-corrected chi connectivity index (χ2v) is 12.2. The molecule has 2 aromatic heterocycles. The first-order valence-corrected chi connectivity index (χ1v) is 15.1. The normalized spacial score (nSPS) is 28.2. The molecule has 0 radical (unpaired) electrons. The van der Waals surface area contributed by atoms with E-state index in [1.54, 1.807) is 0 Å². The SMILES string of the molecule is CCCCNc1ncc2c(n1)n([C@H]1CC[C@H](O)CC1)nc2[C@H]1CC[C@@H](CN2CCN(C(C)C)CC2)CC1. The third-order valence-corrected chi connectivity index (χ3v) is 9.19. The minimum absolute atomic E-state index is 0.165. The number of rotatable bonds is 9. The Labute approximate surface area is 223 Å². The van der Waals surface area contributed by atoms with E-state index in [2.05, 4.69) is 45.6 Å². The van der Waals surface area contributed by atoms with Gasteiger partial charge in [0.05, 0.1) is 23.2 Å². The molecule has 8 heteroatoms. The fourth-order valence-electron chi connectivity index (χ4n) is 6.71. The summed E-state index contributed by atoms with van der Waals surface area (Å²) in [6.45, 7) is 13.8. The van der Waals surface area contributed by atoms with E-state index < -0.39 is 0 Å². The maximum Gasteiger partial charge on any atom is 0.224 e. The van der Waals surface area contributed by atoms with E-state index in [0.717, 1.165) is 62.0 Å². The molecule has 1 saturated heterocycles. The van der Waals surface area contributed by atoms with Gasteiger partial charge in [0.2, 0.25) is 5.95 Å². The molecule has 0 unspecified atom stereocenters. The van der Waals surface area contributed by atoms with Gasteiger partial charge in [-0.25, -0.2) is 9.67 Å². The molecule has 37 heavy (non-hydrogen) atoms. The number of fused-ring (bicyclic) bond motifs is 1. The molecule has 8 nitrogen and oxygen atoms in total.